The third-order valence-corrected chi connectivity index (χ3v) is 7.89. The van der Waals surface area contributed by atoms with Crippen molar-refractivity contribution in [1.29, 1.82) is 10.5 Å². The lowest BCUT2D eigenvalue weighted by Crippen LogP contribution is -2.22. The van der Waals surface area contributed by atoms with E-state index >= 15 is 0 Å². The normalized spacial score (nSPS) is 17.6. The molecule has 2 nitrogen and oxygen atoms in total. The molecule has 0 amide bonds. The van der Waals surface area contributed by atoms with Gasteiger partial charge in [0.15, 0.2) is 0 Å². The van der Waals surface area contributed by atoms with Crippen molar-refractivity contribution in [2.75, 3.05) is 0 Å². The number of rotatable bonds is 2. The second-order valence-corrected chi connectivity index (χ2v) is 9.99. The number of hydrogen-bond donors (Lipinski definition) is 0. The molecule has 0 N–H and O–H groups in total. The predicted octanol–water partition coefficient (Wildman–Crippen LogP) is 8.43. The summed E-state index contributed by atoms with van der Waals surface area (Å²) in [5.74, 6) is 0.391. The first-order valence-electron chi connectivity index (χ1n) is 12.8. The van der Waals surface area contributed by atoms with Gasteiger partial charge in [-0.15, -0.1) is 0 Å². The average molecular weight is 483 g/mol. The Bertz CT molecular complexity index is 1960. The van der Waals surface area contributed by atoms with Crippen molar-refractivity contribution < 1.29 is 0 Å². The van der Waals surface area contributed by atoms with Gasteiger partial charge in [0, 0.05) is 11.8 Å². The molecule has 2 aliphatic carbocycles. The van der Waals surface area contributed by atoms with Gasteiger partial charge in [0.05, 0.1) is 23.3 Å². The summed E-state index contributed by atoms with van der Waals surface area (Å²) in [7, 11) is 0. The number of benzene rings is 5. The topological polar surface area (TPSA) is 47.6 Å². The molecule has 0 spiro atoms. The number of fused-ring (bicyclic) bond motifs is 4. The second-order valence-electron chi connectivity index (χ2n) is 9.99. The molecule has 2 unspecified atom stereocenters. The minimum Gasteiger partial charge on any atom is -0.192 e. The third kappa shape index (κ3) is 3.47. The highest BCUT2D eigenvalue weighted by Gasteiger charge is 2.35. The molecule has 0 saturated heterocycles. The van der Waals surface area contributed by atoms with Crippen LogP contribution in [0.3, 0.4) is 0 Å². The van der Waals surface area contributed by atoms with Crippen LogP contribution < -0.4 is 0 Å². The summed E-state index contributed by atoms with van der Waals surface area (Å²) >= 11 is 0. The fourth-order valence-corrected chi connectivity index (χ4v) is 6.15. The van der Waals surface area contributed by atoms with E-state index < -0.39 is 0 Å². The van der Waals surface area contributed by atoms with Crippen LogP contribution in [0.2, 0.25) is 0 Å². The molecule has 0 heterocycles. The van der Waals surface area contributed by atoms with E-state index in [0.29, 0.717) is 11.1 Å². The number of nitriles is 2. The Labute approximate surface area is 221 Å². The van der Waals surface area contributed by atoms with E-state index in [0.717, 1.165) is 21.5 Å². The van der Waals surface area contributed by atoms with Crippen LogP contribution in [0.5, 0.6) is 0 Å². The first-order valence-corrected chi connectivity index (χ1v) is 12.8. The number of nitrogens with zero attached hydrogens (tertiary/aromatic N) is 2. The van der Waals surface area contributed by atoms with Crippen LogP contribution >= 0.6 is 0 Å². The van der Waals surface area contributed by atoms with E-state index in [2.05, 4.69) is 103 Å². The summed E-state index contributed by atoms with van der Waals surface area (Å²) in [4.78, 5) is 0. The Morgan fingerprint density at radius 3 is 2.03 bits per heavy atom. The summed E-state index contributed by atoms with van der Waals surface area (Å²) in [5, 5.41) is 23.1. The van der Waals surface area contributed by atoms with Gasteiger partial charge in [0.25, 0.3) is 0 Å². The first kappa shape index (κ1) is 22.1. The van der Waals surface area contributed by atoms with Gasteiger partial charge < -0.3 is 0 Å². The number of hydrogen-bond acceptors (Lipinski definition) is 2. The van der Waals surface area contributed by atoms with Crippen molar-refractivity contribution in [3.63, 3.8) is 0 Å². The molecule has 0 fully saturated rings. The summed E-state index contributed by atoms with van der Waals surface area (Å²) in [6, 6.07) is 38.3. The maximum atomic E-state index is 9.31. The first-order chi connectivity index (χ1) is 18.7. The highest BCUT2D eigenvalue weighted by molar-refractivity contribution is 5.94. The SMILES string of the molecule is N#Cc1ccc2cc(C3=C4C=CC=CC4C(c4ccc5cc(C#N)ccc5c4)c4ccccc43)ccc2c1. The van der Waals surface area contributed by atoms with Crippen molar-refractivity contribution in [2.45, 2.75) is 5.92 Å². The second kappa shape index (κ2) is 8.74. The van der Waals surface area contributed by atoms with Gasteiger partial charge in [-0.25, -0.2) is 0 Å². The molecule has 2 atom stereocenters. The smallest absolute Gasteiger partial charge is 0.0991 e. The van der Waals surface area contributed by atoms with Crippen molar-refractivity contribution in [3.05, 3.63) is 160 Å². The Morgan fingerprint density at radius 2 is 1.26 bits per heavy atom. The van der Waals surface area contributed by atoms with E-state index in [1.165, 1.54) is 33.4 Å². The van der Waals surface area contributed by atoms with Gasteiger partial charge >= 0.3 is 0 Å². The largest absolute Gasteiger partial charge is 0.192 e. The van der Waals surface area contributed by atoms with E-state index in [4.69, 9.17) is 0 Å². The summed E-state index contributed by atoms with van der Waals surface area (Å²) < 4.78 is 0. The summed E-state index contributed by atoms with van der Waals surface area (Å²) in [5.41, 5.74) is 9.01. The highest BCUT2D eigenvalue weighted by atomic mass is 14.4. The zero-order chi connectivity index (χ0) is 25.6. The predicted molar refractivity (Wildman–Crippen MR) is 153 cm³/mol. The molecule has 0 aromatic heterocycles. The Balaban J connectivity index is 1.43. The lowest BCUT2D eigenvalue weighted by Gasteiger charge is -2.37. The van der Waals surface area contributed by atoms with Crippen molar-refractivity contribution in [1.82, 2.24) is 0 Å². The zero-order valence-corrected chi connectivity index (χ0v) is 20.6. The molecule has 5 aromatic carbocycles. The average Bonchev–Trinajstić information content (AvgIpc) is 2.98. The molecule has 7 rings (SSSR count). The van der Waals surface area contributed by atoms with Crippen LogP contribution in [0, 0.1) is 28.6 Å². The molecule has 176 valence electrons. The molecule has 2 aliphatic rings. The summed E-state index contributed by atoms with van der Waals surface area (Å²) in [6.45, 7) is 0. The quantitative estimate of drug-likeness (QED) is 0.253. The van der Waals surface area contributed by atoms with Crippen LogP contribution in [-0.2, 0) is 0 Å². The Hall–Kier alpha value is -5.18. The van der Waals surface area contributed by atoms with Gasteiger partial charge in [-0.05, 0) is 85.3 Å². The van der Waals surface area contributed by atoms with E-state index in [1.54, 1.807) is 0 Å². The molecular formula is C36H22N2. The molecule has 0 radical (unpaired) electrons. The lowest BCUT2D eigenvalue weighted by atomic mass is 9.66. The lowest BCUT2D eigenvalue weighted by molar-refractivity contribution is 0.649. The zero-order valence-electron chi connectivity index (χ0n) is 20.6. The fraction of sp³-hybridized carbons (Fsp3) is 0.0556. The van der Waals surface area contributed by atoms with Gasteiger partial charge in [-0.3, -0.25) is 0 Å². The van der Waals surface area contributed by atoms with Crippen molar-refractivity contribution >= 4 is 27.1 Å². The molecular weight excluding hydrogens is 460 g/mol. The summed E-state index contributed by atoms with van der Waals surface area (Å²) in [6.07, 6.45) is 8.91. The molecule has 0 saturated carbocycles. The molecule has 0 aliphatic heterocycles. The highest BCUT2D eigenvalue weighted by Crippen LogP contribution is 2.50. The van der Waals surface area contributed by atoms with Crippen LogP contribution in [0.1, 0.15) is 39.3 Å². The van der Waals surface area contributed by atoms with Gasteiger partial charge in [-0.2, -0.15) is 10.5 Å². The van der Waals surface area contributed by atoms with E-state index in [-0.39, 0.29) is 11.8 Å². The maximum absolute atomic E-state index is 9.31. The molecule has 0 bridgehead atoms. The monoisotopic (exact) mass is 482 g/mol. The van der Waals surface area contributed by atoms with Crippen molar-refractivity contribution in [3.8, 4) is 12.1 Å². The Kier molecular flexibility index (Phi) is 5.07. The fourth-order valence-electron chi connectivity index (χ4n) is 6.15. The van der Waals surface area contributed by atoms with Crippen LogP contribution in [0.15, 0.2) is 127 Å². The van der Waals surface area contributed by atoms with Gasteiger partial charge in [-0.1, -0.05) is 91.0 Å². The van der Waals surface area contributed by atoms with E-state index in [1.807, 2.05) is 30.3 Å². The Morgan fingerprint density at radius 1 is 0.605 bits per heavy atom. The molecule has 2 heteroatoms. The molecule has 5 aromatic rings. The minimum atomic E-state index is 0.185. The van der Waals surface area contributed by atoms with E-state index in [9.17, 15) is 10.5 Å². The maximum Gasteiger partial charge on any atom is 0.0991 e. The van der Waals surface area contributed by atoms with Crippen LogP contribution in [0.25, 0.3) is 27.1 Å². The van der Waals surface area contributed by atoms with Gasteiger partial charge in [0.1, 0.15) is 0 Å². The standard InChI is InChI=1S/C36H22N2/c37-21-23-9-11-27-19-29(15-13-25(27)17-23)35-31-5-1-2-6-32(31)36(34-8-4-3-7-33(34)35)30-16-14-26-18-24(22-38)10-12-28(26)20-30/h1-20,31,35H. The van der Waals surface area contributed by atoms with Crippen LogP contribution in [0.4, 0.5) is 0 Å². The molecule has 38 heavy (non-hydrogen) atoms. The minimum absolute atomic E-state index is 0.185. The van der Waals surface area contributed by atoms with Gasteiger partial charge in [0.2, 0.25) is 0 Å². The van der Waals surface area contributed by atoms with Crippen LogP contribution in [-0.4, -0.2) is 0 Å². The third-order valence-electron chi connectivity index (χ3n) is 7.89. The number of allylic oxidation sites excluding steroid dienone is 5. The van der Waals surface area contributed by atoms with Crippen molar-refractivity contribution in [2.24, 2.45) is 5.92 Å².